The number of nitrogens with zero attached hydrogens (tertiary/aromatic N) is 3. The van der Waals surface area contributed by atoms with E-state index in [4.69, 9.17) is 4.74 Å². The van der Waals surface area contributed by atoms with Crippen molar-refractivity contribution in [2.24, 2.45) is 5.92 Å². The zero-order valence-electron chi connectivity index (χ0n) is 12.9. The average Bonchev–Trinajstić information content (AvgIpc) is 3.10. The predicted molar refractivity (Wildman–Crippen MR) is 89.1 cm³/mol. The van der Waals surface area contributed by atoms with Crippen LogP contribution in [0.5, 0.6) is 5.75 Å². The Kier molecular flexibility index (Phi) is 3.70. The number of anilines is 1. The maximum atomic E-state index is 12.6. The Bertz CT molecular complexity index is 860. The van der Waals surface area contributed by atoms with Crippen LogP contribution in [-0.2, 0) is 11.2 Å². The normalized spacial score (nSPS) is 16.1. The summed E-state index contributed by atoms with van der Waals surface area (Å²) in [6, 6.07) is 17.4. The Labute approximate surface area is 139 Å². The lowest BCUT2D eigenvalue weighted by Gasteiger charge is -2.24. The van der Waals surface area contributed by atoms with Crippen LogP contribution in [-0.4, -0.2) is 27.3 Å². The summed E-state index contributed by atoms with van der Waals surface area (Å²) in [6.07, 6.45) is 2.24. The Balaban J connectivity index is 1.51. The molecule has 0 aliphatic carbocycles. The highest BCUT2D eigenvalue weighted by Crippen LogP contribution is 2.27. The van der Waals surface area contributed by atoms with Crippen LogP contribution < -0.4 is 10.1 Å². The van der Waals surface area contributed by atoms with Gasteiger partial charge in [-0.3, -0.25) is 14.7 Å². The molecule has 4 rings (SSSR count). The van der Waals surface area contributed by atoms with E-state index in [1.807, 2.05) is 54.6 Å². The highest BCUT2D eigenvalue weighted by atomic mass is 16.5. The van der Waals surface area contributed by atoms with Crippen molar-refractivity contribution in [2.75, 3.05) is 11.9 Å². The van der Waals surface area contributed by atoms with Gasteiger partial charge in [-0.1, -0.05) is 36.4 Å². The molecule has 0 saturated carbocycles. The van der Waals surface area contributed by atoms with E-state index in [9.17, 15) is 4.79 Å². The monoisotopic (exact) mass is 320 g/mol. The van der Waals surface area contributed by atoms with Gasteiger partial charge in [0.1, 0.15) is 18.7 Å². The highest BCUT2D eigenvalue weighted by Gasteiger charge is 2.26. The third-order valence-corrected chi connectivity index (χ3v) is 4.07. The van der Waals surface area contributed by atoms with E-state index in [1.165, 1.54) is 0 Å². The van der Waals surface area contributed by atoms with E-state index in [0.717, 1.165) is 17.0 Å². The lowest BCUT2D eigenvalue weighted by molar-refractivity contribution is -0.121. The Morgan fingerprint density at radius 2 is 1.92 bits per heavy atom. The number of amides is 1. The number of ether oxygens (including phenoxy) is 1. The van der Waals surface area contributed by atoms with Crippen LogP contribution in [0.15, 0.2) is 60.9 Å². The standard InChI is InChI=1S/C18H16N4O2/c23-17(14-10-13-6-4-5-9-16(13)24-11-14)20-18-21-19-12-22(18)15-7-2-1-3-8-15/h1-9,12,14H,10-11H2,(H,20,21,23)/t14-/m1/s1. The van der Waals surface area contributed by atoms with Gasteiger partial charge in [-0.15, -0.1) is 10.2 Å². The number of para-hydroxylation sites is 2. The fourth-order valence-corrected chi connectivity index (χ4v) is 2.81. The van der Waals surface area contributed by atoms with E-state index < -0.39 is 0 Å². The summed E-state index contributed by atoms with van der Waals surface area (Å²) in [7, 11) is 0. The molecule has 120 valence electrons. The molecule has 0 radical (unpaired) electrons. The van der Waals surface area contributed by atoms with Crippen molar-refractivity contribution in [3.63, 3.8) is 0 Å². The minimum absolute atomic E-state index is 0.116. The summed E-state index contributed by atoms with van der Waals surface area (Å²) in [5, 5.41) is 10.8. The van der Waals surface area contributed by atoms with Gasteiger partial charge in [-0.2, -0.15) is 0 Å². The molecule has 1 aliphatic rings. The van der Waals surface area contributed by atoms with Crippen LogP contribution >= 0.6 is 0 Å². The lowest BCUT2D eigenvalue weighted by Crippen LogP contribution is -2.33. The molecule has 0 spiro atoms. The van der Waals surface area contributed by atoms with Crippen LogP contribution in [0.3, 0.4) is 0 Å². The summed E-state index contributed by atoms with van der Waals surface area (Å²) in [5.41, 5.74) is 1.94. The van der Waals surface area contributed by atoms with Crippen LogP contribution in [0.4, 0.5) is 5.95 Å². The van der Waals surface area contributed by atoms with Crippen molar-refractivity contribution in [1.82, 2.24) is 14.8 Å². The third-order valence-electron chi connectivity index (χ3n) is 4.07. The molecular weight excluding hydrogens is 304 g/mol. The van der Waals surface area contributed by atoms with E-state index >= 15 is 0 Å². The molecule has 1 atom stereocenters. The molecule has 6 nitrogen and oxygen atoms in total. The number of hydrogen-bond acceptors (Lipinski definition) is 4. The number of nitrogens with one attached hydrogen (secondary N) is 1. The SMILES string of the molecule is O=C(Nc1nncn1-c1ccccc1)[C@H]1COc2ccccc2C1. The first kappa shape index (κ1) is 14.4. The van der Waals surface area contributed by atoms with Crippen molar-refractivity contribution < 1.29 is 9.53 Å². The first-order chi connectivity index (χ1) is 11.8. The van der Waals surface area contributed by atoms with Gasteiger partial charge in [0.2, 0.25) is 11.9 Å². The number of fused-ring (bicyclic) bond motifs is 1. The molecule has 2 heterocycles. The smallest absolute Gasteiger partial charge is 0.235 e. The number of hydrogen-bond donors (Lipinski definition) is 1. The summed E-state index contributed by atoms with van der Waals surface area (Å²) in [5.74, 6) is 0.898. The molecule has 24 heavy (non-hydrogen) atoms. The number of aromatic nitrogens is 3. The van der Waals surface area contributed by atoms with Crippen LogP contribution in [0, 0.1) is 5.92 Å². The minimum Gasteiger partial charge on any atom is -0.492 e. The van der Waals surface area contributed by atoms with E-state index in [0.29, 0.717) is 19.0 Å². The van der Waals surface area contributed by atoms with Crippen molar-refractivity contribution in [2.45, 2.75) is 6.42 Å². The van der Waals surface area contributed by atoms with Crippen molar-refractivity contribution in [3.8, 4) is 11.4 Å². The molecule has 1 aliphatic heterocycles. The highest BCUT2D eigenvalue weighted by molar-refractivity contribution is 5.91. The Morgan fingerprint density at radius 3 is 2.79 bits per heavy atom. The molecule has 0 saturated heterocycles. The maximum absolute atomic E-state index is 12.6. The molecule has 1 amide bonds. The number of carbonyl (C=O) groups excluding carboxylic acids is 1. The largest absolute Gasteiger partial charge is 0.492 e. The summed E-state index contributed by atoms with van der Waals surface area (Å²) in [4.78, 5) is 12.6. The predicted octanol–water partition coefficient (Wildman–Crippen LogP) is 2.46. The molecule has 0 fully saturated rings. The zero-order valence-corrected chi connectivity index (χ0v) is 12.9. The number of rotatable bonds is 3. The quantitative estimate of drug-likeness (QED) is 0.805. The number of benzene rings is 2. The molecule has 0 unspecified atom stereocenters. The summed E-state index contributed by atoms with van der Waals surface area (Å²) in [6.45, 7) is 0.363. The average molecular weight is 320 g/mol. The Morgan fingerprint density at radius 1 is 1.12 bits per heavy atom. The molecule has 3 aromatic rings. The molecular formula is C18H16N4O2. The topological polar surface area (TPSA) is 69.0 Å². The second-order valence-corrected chi connectivity index (χ2v) is 5.67. The first-order valence-corrected chi connectivity index (χ1v) is 7.78. The Hall–Kier alpha value is -3.15. The van der Waals surface area contributed by atoms with E-state index in [1.54, 1.807) is 10.9 Å². The zero-order chi connectivity index (χ0) is 16.4. The van der Waals surface area contributed by atoms with Gasteiger partial charge >= 0.3 is 0 Å². The molecule has 1 N–H and O–H groups in total. The van der Waals surface area contributed by atoms with Gasteiger partial charge in [0.15, 0.2) is 0 Å². The molecule has 0 bridgehead atoms. The fourth-order valence-electron chi connectivity index (χ4n) is 2.81. The third kappa shape index (κ3) is 2.74. The number of carbonyl (C=O) groups is 1. The van der Waals surface area contributed by atoms with E-state index in [2.05, 4.69) is 15.5 Å². The van der Waals surface area contributed by atoms with Gasteiger partial charge < -0.3 is 4.74 Å². The van der Waals surface area contributed by atoms with E-state index in [-0.39, 0.29) is 11.8 Å². The fraction of sp³-hybridized carbons (Fsp3) is 0.167. The first-order valence-electron chi connectivity index (χ1n) is 7.78. The summed E-state index contributed by atoms with van der Waals surface area (Å²) < 4.78 is 7.43. The minimum atomic E-state index is -0.249. The second kappa shape index (κ2) is 6.16. The van der Waals surface area contributed by atoms with Crippen molar-refractivity contribution in [3.05, 3.63) is 66.5 Å². The van der Waals surface area contributed by atoms with Crippen LogP contribution in [0.25, 0.3) is 5.69 Å². The lowest BCUT2D eigenvalue weighted by atomic mass is 9.96. The molecule has 1 aromatic heterocycles. The van der Waals surface area contributed by atoms with Crippen molar-refractivity contribution >= 4 is 11.9 Å². The molecule has 2 aromatic carbocycles. The van der Waals surface area contributed by atoms with Gasteiger partial charge in [0.25, 0.3) is 0 Å². The van der Waals surface area contributed by atoms with Crippen molar-refractivity contribution in [1.29, 1.82) is 0 Å². The maximum Gasteiger partial charge on any atom is 0.235 e. The van der Waals surface area contributed by atoms with Gasteiger partial charge in [0.05, 0.1) is 11.6 Å². The van der Waals surface area contributed by atoms with Crippen LogP contribution in [0.1, 0.15) is 5.56 Å². The molecule has 6 heteroatoms. The second-order valence-electron chi connectivity index (χ2n) is 5.67. The van der Waals surface area contributed by atoms with Gasteiger partial charge in [0, 0.05) is 0 Å². The van der Waals surface area contributed by atoms with Crippen LogP contribution in [0.2, 0.25) is 0 Å². The van der Waals surface area contributed by atoms with Gasteiger partial charge in [-0.05, 0) is 30.2 Å². The van der Waals surface area contributed by atoms with Gasteiger partial charge in [-0.25, -0.2) is 0 Å². The summed E-state index contributed by atoms with van der Waals surface area (Å²) >= 11 is 0.